The molecule has 1 atom stereocenters. The van der Waals surface area contributed by atoms with Crippen molar-refractivity contribution < 1.29 is 4.79 Å². The van der Waals surface area contributed by atoms with Gasteiger partial charge in [-0.25, -0.2) is 0 Å². The summed E-state index contributed by atoms with van der Waals surface area (Å²) >= 11 is 0. The molecule has 2 aliphatic heterocycles. The highest BCUT2D eigenvalue weighted by atomic mass is 16.1. The molecule has 0 aromatic heterocycles. The average molecular weight is 362 g/mol. The number of hydrogen-bond donors (Lipinski definition) is 1. The molecule has 1 amide bonds. The van der Waals surface area contributed by atoms with Crippen molar-refractivity contribution in [1.29, 1.82) is 0 Å². The minimum absolute atomic E-state index is 0.201. The first-order valence-electron chi connectivity index (χ1n) is 11.1. The summed E-state index contributed by atoms with van der Waals surface area (Å²) in [5, 5.41) is 3.23. The van der Waals surface area contributed by atoms with E-state index in [0.717, 1.165) is 25.9 Å². The lowest BCUT2D eigenvalue weighted by atomic mass is 9.93. The summed E-state index contributed by atoms with van der Waals surface area (Å²) in [6.45, 7) is 10.0. The van der Waals surface area contributed by atoms with Gasteiger partial charge in [0.2, 0.25) is 5.91 Å². The molecule has 0 spiro atoms. The molecule has 26 heavy (non-hydrogen) atoms. The van der Waals surface area contributed by atoms with Gasteiger partial charge in [0.05, 0.1) is 5.92 Å². The van der Waals surface area contributed by atoms with Crippen LogP contribution < -0.4 is 5.32 Å². The van der Waals surface area contributed by atoms with Crippen molar-refractivity contribution in [2.75, 3.05) is 32.7 Å². The Hall–Kier alpha value is -0.870. The van der Waals surface area contributed by atoms with Crippen LogP contribution in [0.5, 0.6) is 0 Å². The number of carbonyl (C=O) groups excluding carboxylic acids is 1. The van der Waals surface area contributed by atoms with E-state index in [9.17, 15) is 4.79 Å². The molecule has 1 unspecified atom stereocenters. The van der Waals surface area contributed by atoms with Crippen molar-refractivity contribution in [2.45, 2.75) is 83.7 Å². The second-order valence-corrected chi connectivity index (χ2v) is 8.84. The lowest BCUT2D eigenvalue weighted by Gasteiger charge is -2.43. The maximum atomic E-state index is 12.6. The third kappa shape index (κ3) is 5.56. The Labute approximate surface area is 160 Å². The fourth-order valence-electron chi connectivity index (χ4n) is 4.94. The molecule has 0 radical (unpaired) electrons. The summed E-state index contributed by atoms with van der Waals surface area (Å²) < 4.78 is 0. The lowest BCUT2D eigenvalue weighted by Crippen LogP contribution is -2.51. The average Bonchev–Trinajstić information content (AvgIpc) is 2.69. The molecule has 0 bridgehead atoms. The molecule has 1 aliphatic carbocycles. The van der Waals surface area contributed by atoms with Crippen molar-refractivity contribution in [3.8, 4) is 0 Å². The Morgan fingerprint density at radius 1 is 1.15 bits per heavy atom. The van der Waals surface area contributed by atoms with Crippen molar-refractivity contribution in [3.05, 3.63) is 11.6 Å². The first-order valence-corrected chi connectivity index (χ1v) is 11.1. The number of piperidine rings is 2. The van der Waals surface area contributed by atoms with Crippen molar-refractivity contribution in [2.24, 2.45) is 5.92 Å². The number of nitrogens with one attached hydrogen (secondary N) is 1. The van der Waals surface area contributed by atoms with E-state index >= 15 is 0 Å². The van der Waals surface area contributed by atoms with Gasteiger partial charge in [-0.15, -0.1) is 0 Å². The molecule has 148 valence electrons. The monoisotopic (exact) mass is 361 g/mol. The molecule has 3 aliphatic rings. The SMILES string of the molecule is CC(C)N1CCC(N2CCCC(C(=O)NCCC3=CCCCC3)C2)CC1. The summed E-state index contributed by atoms with van der Waals surface area (Å²) in [5.74, 6) is 0.498. The van der Waals surface area contributed by atoms with Gasteiger partial charge < -0.3 is 10.2 Å². The number of nitrogens with zero attached hydrogens (tertiary/aromatic N) is 2. The highest BCUT2D eigenvalue weighted by Gasteiger charge is 2.31. The van der Waals surface area contributed by atoms with Crippen LogP contribution in [0.25, 0.3) is 0 Å². The van der Waals surface area contributed by atoms with Crippen molar-refractivity contribution in [1.82, 2.24) is 15.1 Å². The van der Waals surface area contributed by atoms with Crippen molar-refractivity contribution in [3.63, 3.8) is 0 Å². The van der Waals surface area contributed by atoms with Crippen LogP contribution in [0, 0.1) is 5.92 Å². The third-order valence-corrected chi connectivity index (χ3v) is 6.70. The Bertz CT molecular complexity index is 480. The molecule has 2 saturated heterocycles. The van der Waals surface area contributed by atoms with Crippen LogP contribution in [0.1, 0.15) is 71.6 Å². The largest absolute Gasteiger partial charge is 0.356 e. The van der Waals surface area contributed by atoms with Gasteiger partial charge in [-0.1, -0.05) is 11.6 Å². The van der Waals surface area contributed by atoms with Crippen LogP contribution in [0.15, 0.2) is 11.6 Å². The summed E-state index contributed by atoms with van der Waals surface area (Å²) in [6.07, 6.45) is 13.3. The molecule has 0 aromatic carbocycles. The lowest BCUT2D eigenvalue weighted by molar-refractivity contribution is -0.127. The van der Waals surface area contributed by atoms with Gasteiger partial charge >= 0.3 is 0 Å². The molecule has 4 heteroatoms. The topological polar surface area (TPSA) is 35.6 Å². The third-order valence-electron chi connectivity index (χ3n) is 6.70. The van der Waals surface area contributed by atoms with Crippen LogP contribution in [0.4, 0.5) is 0 Å². The molecule has 0 saturated carbocycles. The van der Waals surface area contributed by atoms with Gasteiger partial charge in [-0.3, -0.25) is 9.69 Å². The predicted molar refractivity (Wildman–Crippen MR) is 108 cm³/mol. The Morgan fingerprint density at radius 2 is 1.96 bits per heavy atom. The molecule has 4 nitrogen and oxygen atoms in total. The predicted octanol–water partition coefficient (Wildman–Crippen LogP) is 3.58. The van der Waals surface area contributed by atoms with Gasteiger partial charge in [0.25, 0.3) is 0 Å². The maximum absolute atomic E-state index is 12.6. The zero-order chi connectivity index (χ0) is 18.4. The molecular formula is C22H39N3O. The Balaban J connectivity index is 1.40. The molecule has 1 N–H and O–H groups in total. The van der Waals surface area contributed by atoms with Crippen LogP contribution in [-0.4, -0.2) is 60.5 Å². The number of carbonyl (C=O) groups is 1. The van der Waals surface area contributed by atoms with Crippen LogP contribution in [0.3, 0.4) is 0 Å². The fraction of sp³-hybridized carbons (Fsp3) is 0.864. The molecule has 3 rings (SSSR count). The van der Waals surface area contributed by atoms with E-state index in [-0.39, 0.29) is 5.92 Å². The van der Waals surface area contributed by atoms with E-state index < -0.39 is 0 Å². The quantitative estimate of drug-likeness (QED) is 0.735. The van der Waals surface area contributed by atoms with Crippen LogP contribution >= 0.6 is 0 Å². The highest BCUT2D eigenvalue weighted by Crippen LogP contribution is 2.25. The van der Waals surface area contributed by atoms with E-state index in [2.05, 4.69) is 35.0 Å². The summed E-state index contributed by atoms with van der Waals surface area (Å²) in [5.41, 5.74) is 1.55. The standard InChI is InChI=1S/C22H39N3O/c1-18(2)24-15-11-21(12-16-24)25-14-6-9-20(17-25)22(26)23-13-10-19-7-4-3-5-8-19/h7,18,20-21H,3-6,8-17H2,1-2H3,(H,23,26). The molecule has 2 heterocycles. The van der Waals surface area contributed by atoms with Crippen molar-refractivity contribution >= 4 is 5.91 Å². The summed E-state index contributed by atoms with van der Waals surface area (Å²) in [7, 11) is 0. The van der Waals surface area contributed by atoms with E-state index in [1.165, 1.54) is 64.6 Å². The van der Waals surface area contributed by atoms with E-state index in [1.54, 1.807) is 5.57 Å². The second kappa shape index (κ2) is 9.89. The van der Waals surface area contributed by atoms with E-state index in [1.807, 2.05) is 0 Å². The van der Waals surface area contributed by atoms with Gasteiger partial charge in [0.15, 0.2) is 0 Å². The van der Waals surface area contributed by atoms with E-state index in [4.69, 9.17) is 0 Å². The summed E-state index contributed by atoms with van der Waals surface area (Å²) in [6, 6.07) is 1.35. The van der Waals surface area contributed by atoms with Crippen LogP contribution in [0.2, 0.25) is 0 Å². The van der Waals surface area contributed by atoms with Gasteiger partial charge in [-0.05, 0) is 91.3 Å². The summed E-state index contributed by atoms with van der Waals surface area (Å²) in [4.78, 5) is 17.9. The van der Waals surface area contributed by atoms with Gasteiger partial charge in [0, 0.05) is 25.2 Å². The zero-order valence-corrected chi connectivity index (χ0v) is 17.0. The minimum Gasteiger partial charge on any atom is -0.356 e. The smallest absolute Gasteiger partial charge is 0.224 e. The van der Waals surface area contributed by atoms with Gasteiger partial charge in [-0.2, -0.15) is 0 Å². The zero-order valence-electron chi connectivity index (χ0n) is 17.0. The van der Waals surface area contributed by atoms with Crippen LogP contribution in [-0.2, 0) is 4.79 Å². The first kappa shape index (κ1) is 19.9. The number of allylic oxidation sites excluding steroid dienone is 1. The number of rotatable bonds is 6. The molecule has 2 fully saturated rings. The number of amides is 1. The first-order chi connectivity index (χ1) is 12.6. The van der Waals surface area contributed by atoms with Gasteiger partial charge in [0.1, 0.15) is 0 Å². The Kier molecular flexibility index (Phi) is 7.56. The highest BCUT2D eigenvalue weighted by molar-refractivity contribution is 5.79. The fourth-order valence-corrected chi connectivity index (χ4v) is 4.94. The second-order valence-electron chi connectivity index (χ2n) is 8.84. The minimum atomic E-state index is 0.201. The molecule has 0 aromatic rings. The maximum Gasteiger partial charge on any atom is 0.224 e. The Morgan fingerprint density at radius 3 is 2.65 bits per heavy atom. The molecular weight excluding hydrogens is 322 g/mol. The number of likely N-dealkylation sites (tertiary alicyclic amines) is 2. The van der Waals surface area contributed by atoms with E-state index in [0.29, 0.717) is 18.0 Å². The normalized spacial score (nSPS) is 26.7. The number of hydrogen-bond acceptors (Lipinski definition) is 3.